The van der Waals surface area contributed by atoms with Gasteiger partial charge in [0.2, 0.25) is 0 Å². The quantitative estimate of drug-likeness (QED) is 0.552. The molecule has 2 unspecified atom stereocenters. The number of carbonyl (C=O) groups is 2. The number of nitrogens with zero attached hydrogens (tertiary/aromatic N) is 2. The maximum atomic E-state index is 12.8. The number of pyridine rings is 1. The summed E-state index contributed by atoms with van der Waals surface area (Å²) in [5.74, 6) is -0.989. The van der Waals surface area contributed by atoms with Gasteiger partial charge in [-0.2, -0.15) is 0 Å². The van der Waals surface area contributed by atoms with Crippen LogP contribution < -0.4 is 4.90 Å². The van der Waals surface area contributed by atoms with E-state index in [1.54, 1.807) is 19.2 Å². The van der Waals surface area contributed by atoms with Gasteiger partial charge in [-0.05, 0) is 37.5 Å². The van der Waals surface area contributed by atoms with E-state index in [1.165, 1.54) is 0 Å². The van der Waals surface area contributed by atoms with E-state index < -0.39 is 5.97 Å². The number of ketones is 1. The highest BCUT2D eigenvalue weighted by molar-refractivity contribution is 6.31. The number of H-pyrrole nitrogens is 1. The zero-order valence-electron chi connectivity index (χ0n) is 17.4. The van der Waals surface area contributed by atoms with Gasteiger partial charge in [-0.1, -0.05) is 29.8 Å². The molecule has 0 radical (unpaired) electrons. The standard InChI is InChI=1S/C23H24ClN3O4/c1-13-16(24)10-18(25-13)21(28)9-14-7-8-27(12-22(14)31-2)20-11-19(23(29)30)26-17-6-4-3-5-15(17)20/h3-6,10-11,14,22,25H,7-9,12H2,1-2H3,(H,29,30). The number of methoxy groups -OCH3 is 1. The van der Waals surface area contributed by atoms with Gasteiger partial charge in [0, 0.05) is 43.4 Å². The van der Waals surface area contributed by atoms with E-state index in [0.717, 1.165) is 23.2 Å². The summed E-state index contributed by atoms with van der Waals surface area (Å²) in [7, 11) is 1.65. The number of para-hydroxylation sites is 1. The Morgan fingerprint density at radius 2 is 2.10 bits per heavy atom. The van der Waals surface area contributed by atoms with E-state index in [2.05, 4.69) is 14.9 Å². The second-order valence-electron chi connectivity index (χ2n) is 7.90. The number of anilines is 1. The van der Waals surface area contributed by atoms with E-state index >= 15 is 0 Å². The highest BCUT2D eigenvalue weighted by Crippen LogP contribution is 2.33. The number of carboxylic acids is 1. The first-order valence-electron chi connectivity index (χ1n) is 10.2. The van der Waals surface area contributed by atoms with Gasteiger partial charge in [0.25, 0.3) is 0 Å². The van der Waals surface area contributed by atoms with Crippen LogP contribution in [0.1, 0.15) is 39.5 Å². The van der Waals surface area contributed by atoms with Crippen LogP contribution in [0.4, 0.5) is 5.69 Å². The van der Waals surface area contributed by atoms with E-state index in [0.29, 0.717) is 35.7 Å². The summed E-state index contributed by atoms with van der Waals surface area (Å²) < 4.78 is 5.75. The number of carbonyl (C=O) groups excluding carboxylic acids is 1. The van der Waals surface area contributed by atoms with Crippen LogP contribution in [0.15, 0.2) is 36.4 Å². The van der Waals surface area contributed by atoms with Crippen molar-refractivity contribution in [2.75, 3.05) is 25.1 Å². The molecule has 4 rings (SSSR count). The van der Waals surface area contributed by atoms with Gasteiger partial charge in [0.05, 0.1) is 22.3 Å². The molecule has 3 aromatic rings. The smallest absolute Gasteiger partial charge is 0.354 e. The van der Waals surface area contributed by atoms with E-state index in [4.69, 9.17) is 16.3 Å². The molecule has 2 aromatic heterocycles. The fourth-order valence-electron chi connectivity index (χ4n) is 4.24. The monoisotopic (exact) mass is 441 g/mol. The van der Waals surface area contributed by atoms with Crippen molar-refractivity contribution < 1.29 is 19.4 Å². The predicted molar refractivity (Wildman–Crippen MR) is 119 cm³/mol. The Bertz CT molecular complexity index is 1120. The Balaban J connectivity index is 1.56. The van der Waals surface area contributed by atoms with Crippen molar-refractivity contribution in [3.05, 3.63) is 58.5 Å². The van der Waals surface area contributed by atoms with Gasteiger partial charge < -0.3 is 19.7 Å². The number of carboxylic acid groups (broad SMARTS) is 1. The van der Waals surface area contributed by atoms with Crippen LogP contribution >= 0.6 is 11.6 Å². The topological polar surface area (TPSA) is 95.5 Å². The summed E-state index contributed by atoms with van der Waals surface area (Å²) in [6.45, 7) is 3.08. The van der Waals surface area contributed by atoms with Gasteiger partial charge >= 0.3 is 5.97 Å². The third-order valence-electron chi connectivity index (χ3n) is 5.95. The molecular weight excluding hydrogens is 418 g/mol. The van der Waals surface area contributed by atoms with Crippen LogP contribution in [0.2, 0.25) is 5.02 Å². The van der Waals surface area contributed by atoms with Crippen molar-refractivity contribution in [2.24, 2.45) is 5.92 Å². The Hall–Kier alpha value is -2.90. The minimum atomic E-state index is -1.06. The molecule has 8 heteroatoms. The zero-order valence-corrected chi connectivity index (χ0v) is 18.1. The van der Waals surface area contributed by atoms with Crippen LogP contribution in [0.5, 0.6) is 0 Å². The van der Waals surface area contributed by atoms with Crippen molar-refractivity contribution in [1.82, 2.24) is 9.97 Å². The van der Waals surface area contributed by atoms with Crippen molar-refractivity contribution in [3.8, 4) is 0 Å². The first kappa shape index (κ1) is 21.3. The van der Waals surface area contributed by atoms with Gasteiger partial charge in [-0.3, -0.25) is 4.79 Å². The van der Waals surface area contributed by atoms with Gasteiger partial charge in [-0.25, -0.2) is 9.78 Å². The molecule has 2 N–H and O–H groups in total. The van der Waals surface area contributed by atoms with E-state index in [1.807, 2.05) is 31.2 Å². The molecule has 3 heterocycles. The fourth-order valence-corrected chi connectivity index (χ4v) is 4.40. The maximum absolute atomic E-state index is 12.8. The number of hydrogen-bond acceptors (Lipinski definition) is 5. The Morgan fingerprint density at radius 3 is 2.77 bits per heavy atom. The number of aromatic amines is 1. The van der Waals surface area contributed by atoms with Crippen LogP contribution in [-0.2, 0) is 4.74 Å². The molecular formula is C23H24ClN3O4. The highest BCUT2D eigenvalue weighted by Gasteiger charge is 2.32. The molecule has 1 saturated heterocycles. The first-order valence-corrected chi connectivity index (χ1v) is 10.5. The molecule has 1 fully saturated rings. The fraction of sp³-hybridized carbons (Fsp3) is 0.348. The largest absolute Gasteiger partial charge is 0.477 e. The molecule has 0 bridgehead atoms. The summed E-state index contributed by atoms with van der Waals surface area (Å²) in [6.07, 6.45) is 0.945. The minimum absolute atomic E-state index is 0.0121. The van der Waals surface area contributed by atoms with Gasteiger partial charge in [-0.15, -0.1) is 0 Å². The van der Waals surface area contributed by atoms with Gasteiger partial charge in [0.15, 0.2) is 11.5 Å². The molecule has 7 nitrogen and oxygen atoms in total. The summed E-state index contributed by atoms with van der Waals surface area (Å²) in [4.78, 5) is 33.8. The minimum Gasteiger partial charge on any atom is -0.477 e. The highest BCUT2D eigenvalue weighted by atomic mass is 35.5. The van der Waals surface area contributed by atoms with Crippen LogP contribution in [0, 0.1) is 12.8 Å². The third kappa shape index (κ3) is 4.29. The number of fused-ring (bicyclic) bond motifs is 1. The number of hydrogen-bond donors (Lipinski definition) is 2. The lowest BCUT2D eigenvalue weighted by Crippen LogP contribution is -2.45. The second kappa shape index (κ2) is 8.69. The summed E-state index contributed by atoms with van der Waals surface area (Å²) >= 11 is 6.08. The molecule has 31 heavy (non-hydrogen) atoms. The molecule has 2 atom stereocenters. The molecule has 0 spiro atoms. The lowest BCUT2D eigenvalue weighted by atomic mass is 9.88. The van der Waals surface area contributed by atoms with Gasteiger partial charge in [0.1, 0.15) is 0 Å². The molecule has 0 saturated carbocycles. The summed E-state index contributed by atoms with van der Waals surface area (Å²) in [5.41, 5.74) is 2.77. The molecule has 0 aliphatic carbocycles. The predicted octanol–water partition coefficient (Wildman–Crippen LogP) is 4.34. The molecule has 1 aromatic carbocycles. The normalized spacial score (nSPS) is 19.0. The molecule has 0 amide bonds. The number of aryl methyl sites for hydroxylation is 1. The third-order valence-corrected chi connectivity index (χ3v) is 6.34. The van der Waals surface area contributed by atoms with E-state index in [-0.39, 0.29) is 23.5 Å². The van der Waals surface area contributed by atoms with Crippen LogP contribution in [0.25, 0.3) is 10.9 Å². The number of rotatable bonds is 6. The van der Waals surface area contributed by atoms with E-state index in [9.17, 15) is 14.7 Å². The maximum Gasteiger partial charge on any atom is 0.354 e. The molecule has 1 aliphatic heterocycles. The average Bonchev–Trinajstić information content (AvgIpc) is 3.11. The SMILES string of the molecule is COC1CN(c2cc(C(=O)O)nc3ccccc23)CCC1CC(=O)c1cc(Cl)c(C)[nH]1. The van der Waals surface area contributed by atoms with Crippen molar-refractivity contribution in [3.63, 3.8) is 0 Å². The van der Waals surface area contributed by atoms with Crippen molar-refractivity contribution in [1.29, 1.82) is 0 Å². The lowest BCUT2D eigenvalue weighted by molar-refractivity contribution is 0.0375. The average molecular weight is 442 g/mol. The number of benzene rings is 1. The second-order valence-corrected chi connectivity index (χ2v) is 8.31. The number of piperidine rings is 1. The molecule has 162 valence electrons. The number of nitrogens with one attached hydrogen (secondary N) is 1. The summed E-state index contributed by atoms with van der Waals surface area (Å²) in [5, 5.41) is 10.9. The Kier molecular flexibility index (Phi) is 5.98. The number of aromatic carboxylic acids is 1. The van der Waals surface area contributed by atoms with Crippen molar-refractivity contribution in [2.45, 2.75) is 25.9 Å². The first-order chi connectivity index (χ1) is 14.9. The van der Waals surface area contributed by atoms with Crippen molar-refractivity contribution >= 4 is 39.9 Å². The number of halogens is 1. The Labute approximate surface area is 185 Å². The number of Topliss-reactive ketones (excluding diaryl/α,β-unsaturated/α-hetero) is 1. The van der Waals surface area contributed by atoms with Crippen LogP contribution in [-0.4, -0.2) is 53.1 Å². The zero-order chi connectivity index (χ0) is 22.1. The van der Waals surface area contributed by atoms with Crippen LogP contribution in [0.3, 0.4) is 0 Å². The number of ether oxygens (including phenoxy) is 1. The number of aromatic nitrogens is 2. The lowest BCUT2D eigenvalue weighted by Gasteiger charge is -2.39. The summed E-state index contributed by atoms with van der Waals surface area (Å²) in [6, 6.07) is 10.8. The Morgan fingerprint density at radius 1 is 1.32 bits per heavy atom. The molecule has 1 aliphatic rings.